The minimum Gasteiger partial charge on any atom is -0.432 e. The monoisotopic (exact) mass is 257 g/mol. The van der Waals surface area contributed by atoms with Crippen molar-refractivity contribution < 1.29 is 9.76 Å². The molecular weight excluding hydrogens is 239 g/mol. The fraction of sp³-hybridized carbons (Fsp3) is 0.357. The van der Waals surface area contributed by atoms with Crippen LogP contribution < -0.4 is 10.5 Å². The Morgan fingerprint density at radius 2 is 2.16 bits per heavy atom. The number of hydrazone groups is 1. The van der Waals surface area contributed by atoms with Crippen LogP contribution in [0.2, 0.25) is 0 Å². The van der Waals surface area contributed by atoms with E-state index in [0.29, 0.717) is 6.61 Å². The molecule has 0 saturated carbocycles. The predicted octanol–water partition coefficient (Wildman–Crippen LogP) is 1.08. The molecule has 1 aliphatic heterocycles. The fourth-order valence-corrected chi connectivity index (χ4v) is 1.82. The van der Waals surface area contributed by atoms with Crippen molar-refractivity contribution in [2.75, 3.05) is 24.8 Å². The van der Waals surface area contributed by atoms with Gasteiger partial charge in [-0.1, -0.05) is 23.7 Å². The molecule has 1 heterocycles. The Hall–Kier alpha value is -1.59. The van der Waals surface area contributed by atoms with Crippen LogP contribution in [-0.2, 0) is 4.65 Å². The van der Waals surface area contributed by atoms with Crippen molar-refractivity contribution >= 4 is 24.8 Å². The summed E-state index contributed by atoms with van der Waals surface area (Å²) < 4.78 is 5.16. The molecule has 0 bridgehead atoms. The number of rotatable bonds is 5. The Morgan fingerprint density at radius 3 is 2.95 bits per heavy atom. The minimum atomic E-state index is 0.0323. The molecule has 99 valence electrons. The second-order valence-electron chi connectivity index (χ2n) is 4.26. The van der Waals surface area contributed by atoms with E-state index in [1.807, 2.05) is 41.6 Å². The van der Waals surface area contributed by atoms with Gasteiger partial charge in [-0.3, -0.25) is 5.01 Å². The molecule has 0 fully saturated rings. The fourth-order valence-electron chi connectivity index (χ4n) is 1.82. The van der Waals surface area contributed by atoms with E-state index in [4.69, 9.17) is 9.76 Å². The lowest BCUT2D eigenvalue weighted by atomic mass is 9.88. The zero-order valence-electron chi connectivity index (χ0n) is 10.9. The Balaban J connectivity index is 1.96. The largest absolute Gasteiger partial charge is 0.432 e. The molecule has 19 heavy (non-hydrogen) atoms. The topological polar surface area (TPSA) is 45.1 Å². The summed E-state index contributed by atoms with van der Waals surface area (Å²) in [4.78, 5) is 0. The van der Waals surface area contributed by atoms with Crippen LogP contribution >= 0.6 is 0 Å². The summed E-state index contributed by atoms with van der Waals surface area (Å²) in [5, 5.41) is 15.0. The number of nitrogens with zero attached hydrogens (tertiary/aromatic N) is 2. The Labute approximate surface area is 114 Å². The molecular formula is C14H18BN2O2. The van der Waals surface area contributed by atoms with Gasteiger partial charge in [0.25, 0.3) is 0 Å². The van der Waals surface area contributed by atoms with Gasteiger partial charge in [-0.15, -0.1) is 0 Å². The van der Waals surface area contributed by atoms with Crippen LogP contribution in [0.5, 0.6) is 0 Å². The number of hydrogen-bond acceptors (Lipinski definition) is 4. The summed E-state index contributed by atoms with van der Waals surface area (Å²) in [6.45, 7) is 1.28. The molecule has 1 N–H and O–H groups in total. The van der Waals surface area contributed by atoms with Crippen molar-refractivity contribution in [2.45, 2.75) is 12.8 Å². The van der Waals surface area contributed by atoms with Gasteiger partial charge >= 0.3 is 7.48 Å². The molecule has 1 aromatic carbocycles. The molecule has 1 radical (unpaired) electrons. The van der Waals surface area contributed by atoms with E-state index in [9.17, 15) is 0 Å². The molecule has 5 heteroatoms. The van der Waals surface area contributed by atoms with Gasteiger partial charge < -0.3 is 9.76 Å². The van der Waals surface area contributed by atoms with Gasteiger partial charge in [0.15, 0.2) is 0 Å². The molecule has 0 spiro atoms. The number of allylic oxidation sites excluding steroid dienone is 2. The summed E-state index contributed by atoms with van der Waals surface area (Å²) in [5.74, 6) is 0. The zero-order chi connectivity index (χ0) is 13.3. The normalized spacial score (nSPS) is 18.5. The first-order valence-electron chi connectivity index (χ1n) is 6.52. The van der Waals surface area contributed by atoms with E-state index >= 15 is 0 Å². The van der Waals surface area contributed by atoms with E-state index in [-0.39, 0.29) is 6.61 Å². The van der Waals surface area contributed by atoms with Crippen molar-refractivity contribution in [3.05, 3.63) is 36.4 Å². The van der Waals surface area contributed by atoms with Crippen LogP contribution in [0.3, 0.4) is 0 Å². The van der Waals surface area contributed by atoms with Gasteiger partial charge in [-0.25, -0.2) is 0 Å². The van der Waals surface area contributed by atoms with Gasteiger partial charge in [0, 0.05) is 12.8 Å². The molecule has 0 atom stereocenters. The number of anilines is 1. The maximum atomic E-state index is 8.64. The van der Waals surface area contributed by atoms with E-state index in [2.05, 4.69) is 11.2 Å². The van der Waals surface area contributed by atoms with Gasteiger partial charge in [0.05, 0.1) is 18.9 Å². The minimum absolute atomic E-state index is 0.0323. The van der Waals surface area contributed by atoms with E-state index < -0.39 is 0 Å². The molecule has 0 unspecified atom stereocenters. The maximum Gasteiger partial charge on any atom is 0.330 e. The lowest BCUT2D eigenvalue weighted by Gasteiger charge is -2.19. The van der Waals surface area contributed by atoms with Crippen molar-refractivity contribution in [1.29, 1.82) is 0 Å². The van der Waals surface area contributed by atoms with Gasteiger partial charge in [-0.05, 0) is 31.1 Å². The summed E-state index contributed by atoms with van der Waals surface area (Å²) >= 11 is 0. The van der Waals surface area contributed by atoms with Crippen LogP contribution in [0, 0.1) is 0 Å². The molecule has 1 aromatic rings. The average molecular weight is 257 g/mol. The Morgan fingerprint density at radius 1 is 1.32 bits per heavy atom. The van der Waals surface area contributed by atoms with Crippen LogP contribution in [0.15, 0.2) is 41.5 Å². The van der Waals surface area contributed by atoms with Crippen molar-refractivity contribution in [3.63, 3.8) is 0 Å². The molecule has 0 aromatic heterocycles. The third kappa shape index (κ3) is 4.54. The van der Waals surface area contributed by atoms with Gasteiger partial charge in [0.1, 0.15) is 0 Å². The van der Waals surface area contributed by atoms with Crippen LogP contribution in [0.25, 0.3) is 0 Å². The maximum absolute atomic E-state index is 8.64. The highest BCUT2D eigenvalue weighted by Crippen LogP contribution is 2.14. The second kappa shape index (κ2) is 7.76. The lowest BCUT2D eigenvalue weighted by molar-refractivity contribution is 0.209. The van der Waals surface area contributed by atoms with Crippen LogP contribution in [0.4, 0.5) is 5.69 Å². The third-order valence-electron chi connectivity index (χ3n) is 2.79. The molecule has 0 amide bonds. The van der Waals surface area contributed by atoms with Crippen molar-refractivity contribution in [1.82, 2.24) is 0 Å². The van der Waals surface area contributed by atoms with E-state index in [0.717, 1.165) is 30.5 Å². The number of aliphatic hydroxyl groups is 1. The first-order chi connectivity index (χ1) is 9.40. The highest BCUT2D eigenvalue weighted by molar-refractivity contribution is 6.46. The number of benzene rings is 1. The Kier molecular flexibility index (Phi) is 5.65. The third-order valence-corrected chi connectivity index (χ3v) is 2.79. The van der Waals surface area contributed by atoms with Gasteiger partial charge in [0.2, 0.25) is 0 Å². The standard InChI is InChI=1S/C14H18BN2O2/c18-11-12-19-15-13-5-7-14(8-6-13)17-10-4-2-1-3-9-16-17/h1,3,5-9,18H,2,4,10-12H2/b3-1+,16-9-. The molecule has 0 aliphatic carbocycles. The summed E-state index contributed by atoms with van der Waals surface area (Å²) in [6, 6.07) is 8.02. The number of hydrogen-bond donors (Lipinski definition) is 1. The molecule has 0 saturated heterocycles. The van der Waals surface area contributed by atoms with Crippen LogP contribution in [0.1, 0.15) is 12.8 Å². The first-order valence-corrected chi connectivity index (χ1v) is 6.52. The quantitative estimate of drug-likeness (QED) is 0.634. The highest BCUT2D eigenvalue weighted by Gasteiger charge is 2.05. The molecule has 4 nitrogen and oxygen atoms in total. The highest BCUT2D eigenvalue weighted by atomic mass is 16.4. The summed E-state index contributed by atoms with van der Waals surface area (Å²) in [7, 11) is 1.65. The second-order valence-corrected chi connectivity index (χ2v) is 4.26. The van der Waals surface area contributed by atoms with Crippen LogP contribution in [-0.4, -0.2) is 38.6 Å². The first kappa shape index (κ1) is 13.8. The zero-order valence-corrected chi connectivity index (χ0v) is 10.9. The average Bonchev–Trinajstić information content (AvgIpc) is 2.40. The van der Waals surface area contributed by atoms with E-state index in [1.165, 1.54) is 0 Å². The number of aliphatic hydroxyl groups excluding tert-OH is 1. The molecule has 2 rings (SSSR count). The summed E-state index contributed by atoms with van der Waals surface area (Å²) in [6.07, 6.45) is 8.13. The van der Waals surface area contributed by atoms with Crippen molar-refractivity contribution in [2.24, 2.45) is 5.10 Å². The van der Waals surface area contributed by atoms with Gasteiger partial charge in [-0.2, -0.15) is 5.10 Å². The lowest BCUT2D eigenvalue weighted by Crippen LogP contribution is -2.21. The van der Waals surface area contributed by atoms with E-state index in [1.54, 1.807) is 7.48 Å². The smallest absolute Gasteiger partial charge is 0.330 e. The SMILES string of the molecule is OCCO[B]c1ccc(N2CCC/C=C/C=N\2)cc1. The Bertz CT molecular complexity index is 432. The molecule has 1 aliphatic rings. The summed E-state index contributed by atoms with van der Waals surface area (Å²) in [5.41, 5.74) is 2.05. The van der Waals surface area contributed by atoms with Crippen molar-refractivity contribution in [3.8, 4) is 0 Å². The predicted molar refractivity (Wildman–Crippen MR) is 79.1 cm³/mol.